The minimum absolute atomic E-state index is 0.121. The molecular weight excluding hydrogens is 216 g/mol. The van der Waals surface area contributed by atoms with Gasteiger partial charge in [-0.25, -0.2) is 0 Å². The van der Waals surface area contributed by atoms with Gasteiger partial charge in [0.15, 0.2) is 0 Å². The molecule has 1 N–H and O–H groups in total. The Balaban J connectivity index is 1.82. The van der Waals surface area contributed by atoms with Gasteiger partial charge in [0.1, 0.15) is 5.60 Å². The number of nitrogens with one attached hydrogen (secondary N) is 1. The van der Waals surface area contributed by atoms with Crippen LogP contribution in [0.25, 0.3) is 0 Å². The summed E-state index contributed by atoms with van der Waals surface area (Å²) in [5.74, 6) is 0. The molecule has 0 saturated carbocycles. The molecule has 0 bridgehead atoms. The lowest BCUT2D eigenvalue weighted by molar-refractivity contribution is -0.0160. The Morgan fingerprint density at radius 1 is 1.59 bits per heavy atom. The van der Waals surface area contributed by atoms with E-state index in [0.29, 0.717) is 6.61 Å². The summed E-state index contributed by atoms with van der Waals surface area (Å²) >= 11 is 0. The fraction of sp³-hybridized carbons (Fsp3) is 0.692. The predicted octanol–water partition coefficient (Wildman–Crippen LogP) is 1.40. The van der Waals surface area contributed by atoms with E-state index in [9.17, 15) is 0 Å². The third-order valence-corrected chi connectivity index (χ3v) is 3.52. The van der Waals surface area contributed by atoms with Crippen molar-refractivity contribution < 1.29 is 9.47 Å². The highest BCUT2D eigenvalue weighted by molar-refractivity contribution is 5.07. The lowest BCUT2D eigenvalue weighted by Gasteiger charge is -2.26. The lowest BCUT2D eigenvalue weighted by Crippen LogP contribution is -2.42. The van der Waals surface area contributed by atoms with E-state index < -0.39 is 0 Å². The molecular formula is C13H22N2O2. The van der Waals surface area contributed by atoms with Crippen molar-refractivity contribution in [3.8, 4) is 0 Å². The molecule has 4 nitrogen and oxygen atoms in total. The Morgan fingerprint density at radius 2 is 2.47 bits per heavy atom. The average Bonchev–Trinajstić information content (AvgIpc) is 2.98. The van der Waals surface area contributed by atoms with Gasteiger partial charge in [0.2, 0.25) is 0 Å². The van der Waals surface area contributed by atoms with E-state index in [4.69, 9.17) is 9.47 Å². The fourth-order valence-electron chi connectivity index (χ4n) is 2.30. The zero-order valence-corrected chi connectivity index (χ0v) is 10.7. The minimum Gasteiger partial charge on any atom is -0.378 e. The van der Waals surface area contributed by atoms with E-state index in [-0.39, 0.29) is 5.60 Å². The first-order valence-corrected chi connectivity index (χ1v) is 6.27. The summed E-state index contributed by atoms with van der Waals surface area (Å²) in [7, 11) is 1.77. The first-order valence-electron chi connectivity index (χ1n) is 6.27. The molecule has 17 heavy (non-hydrogen) atoms. The molecule has 1 aliphatic rings. The second-order valence-electron chi connectivity index (χ2n) is 4.58. The Labute approximate surface area is 103 Å². The molecule has 1 unspecified atom stereocenters. The van der Waals surface area contributed by atoms with Gasteiger partial charge in [-0.3, -0.25) is 0 Å². The summed E-state index contributed by atoms with van der Waals surface area (Å²) in [4.78, 5) is 0. The van der Waals surface area contributed by atoms with Crippen LogP contribution >= 0.6 is 0 Å². The van der Waals surface area contributed by atoms with Gasteiger partial charge in [-0.15, -0.1) is 0 Å². The van der Waals surface area contributed by atoms with Crippen molar-refractivity contribution in [1.82, 2.24) is 9.88 Å². The largest absolute Gasteiger partial charge is 0.378 e. The zero-order chi connectivity index (χ0) is 12.1. The molecule has 1 atom stereocenters. The summed E-state index contributed by atoms with van der Waals surface area (Å²) in [6, 6.07) is 4.24. The summed E-state index contributed by atoms with van der Waals surface area (Å²) in [6.45, 7) is 6.41. The van der Waals surface area contributed by atoms with Crippen molar-refractivity contribution in [3.63, 3.8) is 0 Å². The Kier molecular flexibility index (Phi) is 4.20. The molecule has 96 valence electrons. The number of methoxy groups -OCH3 is 1. The van der Waals surface area contributed by atoms with Crippen molar-refractivity contribution in [2.75, 3.05) is 26.9 Å². The van der Waals surface area contributed by atoms with Gasteiger partial charge in [-0.2, -0.15) is 0 Å². The zero-order valence-electron chi connectivity index (χ0n) is 10.7. The Morgan fingerprint density at radius 3 is 3.12 bits per heavy atom. The summed E-state index contributed by atoms with van der Waals surface area (Å²) in [6.07, 6.45) is 3.09. The van der Waals surface area contributed by atoms with Crippen molar-refractivity contribution in [2.45, 2.75) is 32.0 Å². The Bertz CT molecular complexity index is 343. The van der Waals surface area contributed by atoms with Gasteiger partial charge >= 0.3 is 0 Å². The second kappa shape index (κ2) is 5.67. The van der Waals surface area contributed by atoms with E-state index in [1.165, 1.54) is 5.69 Å². The van der Waals surface area contributed by atoms with Crippen LogP contribution in [0.4, 0.5) is 0 Å². The van der Waals surface area contributed by atoms with Crippen LogP contribution in [0.3, 0.4) is 0 Å². The van der Waals surface area contributed by atoms with E-state index in [2.05, 4.69) is 35.1 Å². The number of rotatable bonds is 6. The second-order valence-corrected chi connectivity index (χ2v) is 4.58. The van der Waals surface area contributed by atoms with Gasteiger partial charge in [-0.1, -0.05) is 0 Å². The molecule has 4 heteroatoms. The highest BCUT2D eigenvalue weighted by Crippen LogP contribution is 2.21. The van der Waals surface area contributed by atoms with E-state index in [1.807, 2.05) is 0 Å². The lowest BCUT2D eigenvalue weighted by atomic mass is 10.0. The number of aromatic nitrogens is 1. The first kappa shape index (κ1) is 12.6. The van der Waals surface area contributed by atoms with Crippen molar-refractivity contribution in [2.24, 2.45) is 0 Å². The molecule has 0 amide bonds. The molecule has 1 aromatic heterocycles. The van der Waals surface area contributed by atoms with Gasteiger partial charge in [0.25, 0.3) is 0 Å². The van der Waals surface area contributed by atoms with Crippen molar-refractivity contribution in [3.05, 3.63) is 24.0 Å². The minimum atomic E-state index is -0.121. The summed E-state index contributed by atoms with van der Waals surface area (Å²) in [5.41, 5.74) is 1.20. The molecule has 0 aromatic carbocycles. The number of hydrogen-bond donors (Lipinski definition) is 1. The topological polar surface area (TPSA) is 35.4 Å². The number of nitrogens with zero attached hydrogens (tertiary/aromatic N) is 1. The Hall–Kier alpha value is -0.840. The molecule has 2 rings (SSSR count). The van der Waals surface area contributed by atoms with Crippen LogP contribution in [0.1, 0.15) is 19.0 Å². The predicted molar refractivity (Wildman–Crippen MR) is 67.0 cm³/mol. The van der Waals surface area contributed by atoms with Crippen LogP contribution in [-0.2, 0) is 22.6 Å². The highest BCUT2D eigenvalue weighted by Gasteiger charge is 2.34. The van der Waals surface area contributed by atoms with E-state index in [0.717, 1.165) is 32.7 Å². The maximum absolute atomic E-state index is 5.58. The van der Waals surface area contributed by atoms with Crippen molar-refractivity contribution >= 4 is 0 Å². The fourth-order valence-corrected chi connectivity index (χ4v) is 2.30. The molecule has 1 saturated heterocycles. The molecule has 0 spiro atoms. The first-order chi connectivity index (χ1) is 8.29. The van der Waals surface area contributed by atoms with Gasteiger partial charge in [0, 0.05) is 51.7 Å². The normalized spacial score (nSPS) is 24.4. The maximum atomic E-state index is 5.58. The molecule has 2 heterocycles. The molecule has 0 aliphatic carbocycles. The van der Waals surface area contributed by atoms with E-state index in [1.54, 1.807) is 7.11 Å². The van der Waals surface area contributed by atoms with E-state index >= 15 is 0 Å². The molecule has 1 aliphatic heterocycles. The van der Waals surface area contributed by atoms with Crippen molar-refractivity contribution in [1.29, 1.82) is 0 Å². The maximum Gasteiger partial charge on any atom is 0.106 e. The van der Waals surface area contributed by atoms with Gasteiger partial charge in [-0.05, 0) is 19.1 Å². The van der Waals surface area contributed by atoms with Crippen LogP contribution in [0.15, 0.2) is 18.3 Å². The SMILES string of the molecule is CCn1cccc1CNCC1(OC)CCOC1. The van der Waals surface area contributed by atoms with Crippen LogP contribution in [0.5, 0.6) is 0 Å². The average molecular weight is 238 g/mol. The number of ether oxygens (including phenoxy) is 2. The van der Waals surface area contributed by atoms with Crippen LogP contribution in [0, 0.1) is 0 Å². The monoisotopic (exact) mass is 238 g/mol. The third kappa shape index (κ3) is 2.89. The van der Waals surface area contributed by atoms with Crippen LogP contribution < -0.4 is 5.32 Å². The third-order valence-electron chi connectivity index (χ3n) is 3.52. The molecule has 1 aromatic rings. The highest BCUT2D eigenvalue weighted by atomic mass is 16.5. The van der Waals surface area contributed by atoms with Crippen LogP contribution in [0.2, 0.25) is 0 Å². The summed E-state index contributed by atoms with van der Waals surface area (Å²) in [5, 5.41) is 3.47. The smallest absolute Gasteiger partial charge is 0.106 e. The quantitative estimate of drug-likeness (QED) is 0.813. The summed E-state index contributed by atoms with van der Waals surface area (Å²) < 4.78 is 13.2. The number of hydrogen-bond acceptors (Lipinski definition) is 3. The standard InChI is InChI=1S/C13H22N2O2/c1-3-15-7-4-5-12(15)9-14-10-13(16-2)6-8-17-11-13/h4-5,7,14H,3,6,8-11H2,1-2H3. The van der Waals surface area contributed by atoms with Gasteiger partial charge in [0.05, 0.1) is 6.61 Å². The molecule has 1 fully saturated rings. The number of aryl methyl sites for hydroxylation is 1. The van der Waals surface area contributed by atoms with Gasteiger partial charge < -0.3 is 19.4 Å². The van der Waals surface area contributed by atoms with Crippen LogP contribution in [-0.4, -0.2) is 37.0 Å². The molecule has 0 radical (unpaired) electrons.